The van der Waals surface area contributed by atoms with Gasteiger partial charge in [-0.05, 0) is 43.4 Å². The Morgan fingerprint density at radius 2 is 2.00 bits per heavy atom. The lowest BCUT2D eigenvalue weighted by Crippen LogP contribution is -2.42. The van der Waals surface area contributed by atoms with E-state index in [9.17, 15) is 36.4 Å². The zero-order chi connectivity index (χ0) is 27.2. The van der Waals surface area contributed by atoms with Gasteiger partial charge in [0.2, 0.25) is 11.8 Å². The molecule has 2 aromatic rings. The van der Waals surface area contributed by atoms with Gasteiger partial charge in [0, 0.05) is 18.9 Å². The zero-order valence-electron chi connectivity index (χ0n) is 19.7. The average molecular weight is 540 g/mol. The predicted molar refractivity (Wildman–Crippen MR) is 122 cm³/mol. The number of hydrogen-bond acceptors (Lipinski definition) is 7. The minimum absolute atomic E-state index is 0.0478. The van der Waals surface area contributed by atoms with Crippen molar-refractivity contribution >= 4 is 21.7 Å². The Kier molecular flexibility index (Phi) is 6.80. The smallest absolute Gasteiger partial charge is 0.381 e. The van der Waals surface area contributed by atoms with E-state index >= 15 is 0 Å². The van der Waals surface area contributed by atoms with Crippen LogP contribution in [0.1, 0.15) is 31.2 Å². The first-order valence-electron chi connectivity index (χ1n) is 11.3. The monoisotopic (exact) mass is 539 g/mol. The molecule has 10 nitrogen and oxygen atoms in total. The van der Waals surface area contributed by atoms with Gasteiger partial charge in [-0.3, -0.25) is 14.3 Å². The summed E-state index contributed by atoms with van der Waals surface area (Å²) < 4.78 is 75.5. The van der Waals surface area contributed by atoms with Gasteiger partial charge < -0.3 is 15.8 Å². The van der Waals surface area contributed by atoms with Crippen molar-refractivity contribution in [2.45, 2.75) is 60.2 Å². The molecular weight excluding hydrogens is 515 g/mol. The minimum Gasteiger partial charge on any atom is -0.381 e. The number of hydrogen-bond donors (Lipinski definition) is 2. The maximum atomic E-state index is 14.1. The highest BCUT2D eigenvalue weighted by molar-refractivity contribution is 7.92. The number of nitriles is 1. The van der Waals surface area contributed by atoms with Gasteiger partial charge in [-0.25, -0.2) is 8.42 Å². The van der Waals surface area contributed by atoms with Crippen LogP contribution in [0.25, 0.3) is 11.1 Å². The van der Waals surface area contributed by atoms with Gasteiger partial charge in [-0.2, -0.15) is 23.5 Å². The van der Waals surface area contributed by atoms with E-state index in [0.717, 1.165) is 16.8 Å². The molecule has 2 fully saturated rings. The lowest BCUT2D eigenvalue weighted by molar-refractivity contribution is -0.139. The summed E-state index contributed by atoms with van der Waals surface area (Å²) in [5, 5.41) is 14.4. The molecule has 2 amide bonds. The molecule has 37 heavy (non-hydrogen) atoms. The third kappa shape index (κ3) is 5.33. The highest BCUT2D eigenvalue weighted by atomic mass is 32.2. The van der Waals surface area contributed by atoms with Crippen molar-refractivity contribution in [3.63, 3.8) is 0 Å². The molecule has 2 aliphatic rings. The number of alkyl halides is 3. The van der Waals surface area contributed by atoms with E-state index in [2.05, 4.69) is 10.4 Å². The number of methoxy groups -OCH3 is 1. The molecule has 0 saturated heterocycles. The molecule has 1 aromatic carbocycles. The number of carbonyl (C=O) groups excluding carboxylic acids is 2. The highest BCUT2D eigenvalue weighted by Gasteiger charge is 2.51. The number of aromatic nitrogens is 2. The summed E-state index contributed by atoms with van der Waals surface area (Å²) in [4.78, 5) is 23.0. The third-order valence-electron chi connectivity index (χ3n) is 6.74. The number of nitrogens with zero attached hydrogens (tertiary/aromatic N) is 3. The Morgan fingerprint density at radius 3 is 2.57 bits per heavy atom. The number of ether oxygens (including phenoxy) is 1. The van der Waals surface area contributed by atoms with Crippen molar-refractivity contribution in [2.75, 3.05) is 7.11 Å². The molecule has 3 unspecified atom stereocenters. The maximum absolute atomic E-state index is 14.1. The number of benzene rings is 1. The summed E-state index contributed by atoms with van der Waals surface area (Å²) >= 11 is 0. The van der Waals surface area contributed by atoms with Crippen molar-refractivity contribution in [1.29, 1.82) is 5.26 Å². The van der Waals surface area contributed by atoms with Crippen LogP contribution >= 0.6 is 0 Å². The molecule has 0 bridgehead atoms. The van der Waals surface area contributed by atoms with Crippen molar-refractivity contribution in [1.82, 2.24) is 15.1 Å². The van der Waals surface area contributed by atoms with E-state index in [4.69, 9.17) is 10.5 Å². The lowest BCUT2D eigenvalue weighted by atomic mass is 10.0. The Bertz CT molecular complexity index is 1380. The number of halogens is 3. The molecule has 14 heteroatoms. The lowest BCUT2D eigenvalue weighted by Gasteiger charge is -2.19. The summed E-state index contributed by atoms with van der Waals surface area (Å²) in [7, 11) is -3.24. The van der Waals surface area contributed by atoms with Crippen LogP contribution in [0.15, 0.2) is 35.5 Å². The topological polar surface area (TPSA) is 157 Å². The van der Waals surface area contributed by atoms with Gasteiger partial charge in [0.25, 0.3) is 0 Å². The van der Waals surface area contributed by atoms with Crippen LogP contribution in [-0.2, 0) is 36.9 Å². The first-order chi connectivity index (χ1) is 17.3. The number of nitrogens with one attached hydrogen (secondary N) is 1. The molecule has 0 spiro atoms. The van der Waals surface area contributed by atoms with Crippen LogP contribution in [0, 0.1) is 17.2 Å². The summed E-state index contributed by atoms with van der Waals surface area (Å²) in [6.45, 7) is -0.273. The third-order valence-corrected chi connectivity index (χ3v) is 8.97. The molecule has 2 saturated carbocycles. The van der Waals surface area contributed by atoms with E-state index in [1.54, 1.807) is 0 Å². The summed E-state index contributed by atoms with van der Waals surface area (Å²) in [6, 6.07) is 4.85. The van der Waals surface area contributed by atoms with Crippen LogP contribution in [0.2, 0.25) is 0 Å². The van der Waals surface area contributed by atoms with E-state index in [1.807, 2.05) is 6.07 Å². The molecule has 3 N–H and O–H groups in total. The molecule has 0 aliphatic heterocycles. The number of amides is 2. The van der Waals surface area contributed by atoms with Gasteiger partial charge in [-0.15, -0.1) is 0 Å². The van der Waals surface area contributed by atoms with Crippen LogP contribution in [0.3, 0.4) is 0 Å². The highest BCUT2D eigenvalue weighted by Crippen LogP contribution is 2.43. The standard InChI is InChI=1S/C23H24F3N5O5S/c1-36-18-8-15(7-16(18)21(33)30-22(12-27)4-5-22)37(34,35)19-3-2-13(6-17(19)23(24,25)26)14-9-29-31(10-14)11-20(28)32/h2-3,6,9-10,15-16,18H,4-5,7-8,11H2,1H3,(H2,28,32)(H,30,33). The Balaban J connectivity index is 1.64. The normalized spacial score (nSPS) is 22.8. The van der Waals surface area contributed by atoms with Crippen LogP contribution in [0.5, 0.6) is 0 Å². The summed E-state index contributed by atoms with van der Waals surface area (Å²) in [6.07, 6.45) is -2.73. The Hall–Kier alpha value is -3.44. The second kappa shape index (κ2) is 9.46. The number of sulfone groups is 1. The van der Waals surface area contributed by atoms with Crippen molar-refractivity contribution in [3.05, 3.63) is 36.2 Å². The molecule has 1 heterocycles. The van der Waals surface area contributed by atoms with Crippen LogP contribution < -0.4 is 11.1 Å². The first kappa shape index (κ1) is 26.6. The second-order valence-corrected chi connectivity index (χ2v) is 11.5. The molecule has 4 rings (SSSR count). The number of primary amides is 1. The predicted octanol–water partition coefficient (Wildman–Crippen LogP) is 1.79. The van der Waals surface area contributed by atoms with Crippen molar-refractivity contribution < 1.29 is 35.9 Å². The van der Waals surface area contributed by atoms with E-state index in [0.29, 0.717) is 12.8 Å². The van der Waals surface area contributed by atoms with E-state index < -0.39 is 61.1 Å². The van der Waals surface area contributed by atoms with Crippen LogP contribution in [0.4, 0.5) is 13.2 Å². The SMILES string of the molecule is COC1CC(S(=O)(=O)c2ccc(-c3cnn(CC(N)=O)c3)cc2C(F)(F)F)CC1C(=O)NC1(C#N)CC1. The fourth-order valence-corrected chi connectivity index (χ4v) is 6.58. The quantitative estimate of drug-likeness (QED) is 0.518. The fraction of sp³-hybridized carbons (Fsp3) is 0.478. The van der Waals surface area contributed by atoms with Crippen molar-refractivity contribution in [2.24, 2.45) is 11.7 Å². The fourth-order valence-electron chi connectivity index (χ4n) is 4.58. The maximum Gasteiger partial charge on any atom is 0.417 e. The number of rotatable bonds is 8. The van der Waals surface area contributed by atoms with Crippen molar-refractivity contribution in [3.8, 4) is 17.2 Å². The minimum atomic E-state index is -5.00. The van der Waals surface area contributed by atoms with E-state index in [-0.39, 0.29) is 30.5 Å². The number of carbonyl (C=O) groups is 2. The molecule has 1 aromatic heterocycles. The Morgan fingerprint density at radius 1 is 1.30 bits per heavy atom. The summed E-state index contributed by atoms with van der Waals surface area (Å²) in [5.41, 5.74) is 3.06. The van der Waals surface area contributed by atoms with Gasteiger partial charge in [0.05, 0.1) is 40.0 Å². The zero-order valence-corrected chi connectivity index (χ0v) is 20.5. The Labute approximate surface area is 210 Å². The molecule has 3 atom stereocenters. The largest absolute Gasteiger partial charge is 0.417 e. The number of nitrogens with two attached hydrogens (primary N) is 1. The van der Waals surface area contributed by atoms with E-state index in [1.165, 1.54) is 25.6 Å². The molecule has 2 aliphatic carbocycles. The van der Waals surface area contributed by atoms with Gasteiger partial charge in [0.1, 0.15) is 12.1 Å². The average Bonchev–Trinajstić information content (AvgIpc) is 3.23. The molecule has 198 valence electrons. The van der Waals surface area contributed by atoms with Gasteiger partial charge in [0.15, 0.2) is 9.84 Å². The molecule has 0 radical (unpaired) electrons. The van der Waals surface area contributed by atoms with Gasteiger partial charge >= 0.3 is 6.18 Å². The van der Waals surface area contributed by atoms with Gasteiger partial charge in [-0.1, -0.05) is 6.07 Å². The molecular formula is C23H24F3N5O5S. The van der Waals surface area contributed by atoms with Crippen LogP contribution in [-0.4, -0.2) is 54.0 Å². The summed E-state index contributed by atoms with van der Waals surface area (Å²) in [5.74, 6) is -2.17. The second-order valence-electron chi connectivity index (χ2n) is 9.30. The first-order valence-corrected chi connectivity index (χ1v) is 12.9.